The van der Waals surface area contributed by atoms with Gasteiger partial charge in [0.1, 0.15) is 0 Å². The maximum absolute atomic E-state index is 14.9. The van der Waals surface area contributed by atoms with Gasteiger partial charge in [-0.15, -0.1) is 0 Å². The van der Waals surface area contributed by atoms with Gasteiger partial charge >= 0.3 is 6.18 Å². The summed E-state index contributed by atoms with van der Waals surface area (Å²) in [6.45, 7) is 32.1. The second-order valence-electron chi connectivity index (χ2n) is 14.7. The maximum Gasteiger partial charge on any atom is 0.415 e. The lowest BCUT2D eigenvalue weighted by Crippen LogP contribution is -2.08. The molecule has 0 fully saturated rings. The van der Waals surface area contributed by atoms with Crippen molar-refractivity contribution >= 4 is 66.4 Å². The van der Waals surface area contributed by atoms with Gasteiger partial charge in [0, 0.05) is 21.5 Å². The molecule has 0 aliphatic carbocycles. The molecule has 2 aromatic heterocycles. The number of para-hydroxylation sites is 4. The van der Waals surface area contributed by atoms with E-state index in [-0.39, 0.29) is 22.5 Å². The fourth-order valence-electron chi connectivity index (χ4n) is 8.80. The Labute approximate surface area is 353 Å². The van der Waals surface area contributed by atoms with E-state index >= 15 is 0 Å². The van der Waals surface area contributed by atoms with Crippen molar-refractivity contribution in [3.63, 3.8) is 0 Å². The van der Waals surface area contributed by atoms with Crippen LogP contribution in [0, 0.1) is 26.3 Å². The highest BCUT2D eigenvalue weighted by atomic mass is 19.4. The standard InChI is InChI=1S/C53H27F3N6/c1-57-42-19-9-5-14-34(42)32-24-26-48-38(28-32)36-16-7-11-22-46(36)61(48)50-30-40(52-41(53(54,55)56)18-13-21-44(52)59-3)45(60-4)31-51(50)62-47-23-12-8-17-37(47)39-29-33(25-27-49(39)62)35-15-6-10-20-43(35)58-2/h5-31H. The number of hydrogen-bond acceptors (Lipinski definition) is 0. The van der Waals surface area contributed by atoms with E-state index in [0.29, 0.717) is 22.7 Å². The number of hydrogen-bond donors (Lipinski definition) is 0. The highest BCUT2D eigenvalue weighted by Gasteiger charge is 2.36. The van der Waals surface area contributed by atoms with Crippen molar-refractivity contribution in [1.82, 2.24) is 9.13 Å². The first-order chi connectivity index (χ1) is 30.2. The van der Waals surface area contributed by atoms with E-state index in [0.717, 1.165) is 71.9 Å². The summed E-state index contributed by atoms with van der Waals surface area (Å²) in [5.74, 6) is 0. The van der Waals surface area contributed by atoms with Crippen molar-refractivity contribution in [2.45, 2.75) is 6.18 Å². The molecule has 0 N–H and O–H groups in total. The quantitative estimate of drug-likeness (QED) is 0.155. The average Bonchev–Trinajstić information content (AvgIpc) is 3.82. The van der Waals surface area contributed by atoms with E-state index in [1.807, 2.05) is 130 Å². The number of nitrogens with zero attached hydrogens (tertiary/aromatic N) is 6. The summed E-state index contributed by atoms with van der Waals surface area (Å²) in [4.78, 5) is 14.9. The molecule has 10 aromatic rings. The Morgan fingerprint density at radius 1 is 0.371 bits per heavy atom. The van der Waals surface area contributed by atoms with Crippen LogP contribution in [0.4, 0.5) is 35.9 Å². The number of fused-ring (bicyclic) bond motifs is 6. The molecule has 0 atom stereocenters. The molecule has 6 nitrogen and oxygen atoms in total. The van der Waals surface area contributed by atoms with Crippen molar-refractivity contribution in [3.05, 3.63) is 215 Å². The largest absolute Gasteiger partial charge is 0.415 e. The Bertz CT molecular complexity index is 3690. The molecule has 10 rings (SSSR count). The third kappa shape index (κ3) is 5.77. The lowest BCUT2D eigenvalue weighted by atomic mass is 9.94. The Kier molecular flexibility index (Phi) is 8.70. The summed E-state index contributed by atoms with van der Waals surface area (Å²) >= 11 is 0. The first kappa shape index (κ1) is 37.4. The number of rotatable bonds is 5. The van der Waals surface area contributed by atoms with Crippen molar-refractivity contribution in [3.8, 4) is 44.8 Å². The minimum absolute atomic E-state index is 0.0231. The first-order valence-electron chi connectivity index (χ1n) is 19.4. The normalized spacial score (nSPS) is 11.4. The summed E-state index contributed by atoms with van der Waals surface area (Å²) in [6, 6.07) is 49.1. The van der Waals surface area contributed by atoms with Crippen LogP contribution in [-0.2, 0) is 6.18 Å². The van der Waals surface area contributed by atoms with E-state index in [2.05, 4.69) is 19.4 Å². The predicted molar refractivity (Wildman–Crippen MR) is 241 cm³/mol. The van der Waals surface area contributed by atoms with Crippen LogP contribution in [0.15, 0.2) is 164 Å². The molecule has 9 heteroatoms. The summed E-state index contributed by atoms with van der Waals surface area (Å²) in [7, 11) is 0. The van der Waals surface area contributed by atoms with Crippen LogP contribution >= 0.6 is 0 Å². The average molecular weight is 805 g/mol. The number of halogens is 3. The minimum Gasteiger partial charge on any atom is -0.308 e. The summed E-state index contributed by atoms with van der Waals surface area (Å²) < 4.78 is 48.9. The van der Waals surface area contributed by atoms with Crippen LogP contribution in [0.1, 0.15) is 5.56 Å². The molecule has 0 spiro atoms. The highest BCUT2D eigenvalue weighted by molar-refractivity contribution is 6.13. The molecule has 0 radical (unpaired) electrons. The maximum atomic E-state index is 14.9. The lowest BCUT2D eigenvalue weighted by Gasteiger charge is -2.22. The monoisotopic (exact) mass is 804 g/mol. The number of benzene rings is 8. The van der Waals surface area contributed by atoms with Gasteiger partial charge in [0.05, 0.1) is 65.3 Å². The van der Waals surface area contributed by atoms with Crippen LogP contribution in [-0.4, -0.2) is 9.13 Å². The SMILES string of the molecule is [C-]#[N+]c1ccccc1-c1ccc2c(c1)c1ccccc1n2-c1cc([N+]#[C-])c(-c2c([N+]#[C-])cccc2C(F)(F)F)cc1-n1c2ccccc2c2cc(-c3ccccc3[N+]#[C-])ccc21. The molecule has 0 saturated carbocycles. The summed E-state index contributed by atoms with van der Waals surface area (Å²) in [6.07, 6.45) is -4.82. The van der Waals surface area contributed by atoms with Crippen LogP contribution in [0.3, 0.4) is 0 Å². The van der Waals surface area contributed by atoms with Gasteiger partial charge in [-0.3, -0.25) is 0 Å². The number of alkyl halides is 3. The van der Waals surface area contributed by atoms with Gasteiger partial charge in [0.2, 0.25) is 0 Å². The van der Waals surface area contributed by atoms with Gasteiger partial charge in [-0.05, 0) is 81.9 Å². The zero-order valence-corrected chi connectivity index (χ0v) is 32.4. The molecule has 8 aromatic carbocycles. The van der Waals surface area contributed by atoms with Gasteiger partial charge in [0.25, 0.3) is 0 Å². The molecule has 0 unspecified atom stereocenters. The molecule has 0 aliphatic rings. The minimum atomic E-state index is -4.82. The molecule has 2 heterocycles. The van der Waals surface area contributed by atoms with Crippen molar-refractivity contribution in [2.24, 2.45) is 0 Å². The smallest absolute Gasteiger partial charge is 0.308 e. The van der Waals surface area contributed by atoms with Crippen molar-refractivity contribution < 1.29 is 13.2 Å². The van der Waals surface area contributed by atoms with E-state index in [1.165, 1.54) is 12.1 Å². The highest BCUT2D eigenvalue weighted by Crippen LogP contribution is 2.49. The second-order valence-corrected chi connectivity index (χ2v) is 14.7. The molecule has 0 saturated heterocycles. The van der Waals surface area contributed by atoms with E-state index < -0.39 is 11.7 Å². The third-order valence-electron chi connectivity index (χ3n) is 11.4. The Morgan fingerprint density at radius 3 is 1.31 bits per heavy atom. The fourth-order valence-corrected chi connectivity index (χ4v) is 8.80. The topological polar surface area (TPSA) is 27.3 Å². The van der Waals surface area contributed by atoms with Crippen LogP contribution < -0.4 is 0 Å². The second kappa shape index (κ2) is 14.4. The molecule has 0 bridgehead atoms. The molecule has 290 valence electrons. The van der Waals surface area contributed by atoms with Gasteiger partial charge < -0.3 is 9.13 Å². The zero-order chi connectivity index (χ0) is 42.7. The lowest BCUT2D eigenvalue weighted by molar-refractivity contribution is -0.137. The zero-order valence-electron chi connectivity index (χ0n) is 32.4. The molecular weight excluding hydrogens is 778 g/mol. The van der Waals surface area contributed by atoms with E-state index in [9.17, 15) is 13.2 Å². The van der Waals surface area contributed by atoms with Crippen LogP contribution in [0.25, 0.3) is 108 Å². The molecular formula is C53H27F3N6. The van der Waals surface area contributed by atoms with Gasteiger partial charge in [-0.25, -0.2) is 19.4 Å². The molecule has 0 aliphatic heterocycles. The van der Waals surface area contributed by atoms with Crippen molar-refractivity contribution in [1.29, 1.82) is 0 Å². The fraction of sp³-hybridized carbons (Fsp3) is 0.0189. The number of aromatic nitrogens is 2. The third-order valence-corrected chi connectivity index (χ3v) is 11.4. The molecule has 0 amide bonds. The van der Waals surface area contributed by atoms with E-state index in [1.54, 1.807) is 24.3 Å². The van der Waals surface area contributed by atoms with Crippen LogP contribution in [0.2, 0.25) is 0 Å². The van der Waals surface area contributed by atoms with Gasteiger partial charge in [0.15, 0.2) is 22.7 Å². The Morgan fingerprint density at radius 2 is 0.806 bits per heavy atom. The first-order valence-corrected chi connectivity index (χ1v) is 19.4. The summed E-state index contributed by atoms with van der Waals surface area (Å²) in [5, 5.41) is 3.49. The molecule has 62 heavy (non-hydrogen) atoms. The Hall–Kier alpha value is -8.89. The van der Waals surface area contributed by atoms with Gasteiger partial charge in [-0.2, -0.15) is 13.2 Å². The Balaban J connectivity index is 1.35. The van der Waals surface area contributed by atoms with Crippen molar-refractivity contribution in [2.75, 3.05) is 0 Å². The van der Waals surface area contributed by atoms with Crippen LogP contribution in [0.5, 0.6) is 0 Å². The van der Waals surface area contributed by atoms with Gasteiger partial charge in [-0.1, -0.05) is 115 Å². The summed E-state index contributed by atoms with van der Waals surface area (Å²) in [5.41, 5.74) is 6.63. The predicted octanol–water partition coefficient (Wildman–Crippen LogP) is 16.1. The van der Waals surface area contributed by atoms with E-state index in [4.69, 9.17) is 26.3 Å².